The second-order valence-corrected chi connectivity index (χ2v) is 8.12. The predicted octanol–water partition coefficient (Wildman–Crippen LogP) is 4.81. The van der Waals surface area contributed by atoms with Gasteiger partial charge in [0.15, 0.2) is 5.09 Å². The molecule has 8 heteroatoms. The van der Waals surface area contributed by atoms with Gasteiger partial charge < -0.3 is 9.15 Å². The van der Waals surface area contributed by atoms with Crippen molar-refractivity contribution in [2.45, 2.75) is 36.4 Å². The van der Waals surface area contributed by atoms with Crippen LogP contribution in [0.15, 0.2) is 61.8 Å². The second-order valence-electron chi connectivity index (χ2n) is 6.05. The number of furan rings is 1. The number of esters is 1. The summed E-state index contributed by atoms with van der Waals surface area (Å²) in [6, 6.07) is 13.3. The smallest absolute Gasteiger partial charge is 0.326 e. The number of hydrogen-bond acceptors (Lipinski definition) is 7. The quantitative estimate of drug-likeness (QED) is 0.473. The van der Waals surface area contributed by atoms with E-state index in [9.17, 15) is 14.4 Å². The van der Waals surface area contributed by atoms with Crippen molar-refractivity contribution < 1.29 is 23.5 Å². The molecule has 1 aliphatic heterocycles. The van der Waals surface area contributed by atoms with Gasteiger partial charge in [0, 0.05) is 11.0 Å². The maximum absolute atomic E-state index is 12.5. The summed E-state index contributed by atoms with van der Waals surface area (Å²) >= 11 is 2.24. The van der Waals surface area contributed by atoms with Gasteiger partial charge in [0.25, 0.3) is 11.1 Å². The predicted molar refractivity (Wildman–Crippen MR) is 108 cm³/mol. The Morgan fingerprint density at radius 2 is 2.00 bits per heavy atom. The minimum absolute atomic E-state index is 0.215. The molecular formula is C20H19NO5S2. The van der Waals surface area contributed by atoms with Crippen LogP contribution in [-0.2, 0) is 14.3 Å². The van der Waals surface area contributed by atoms with Gasteiger partial charge in [-0.3, -0.25) is 19.3 Å². The molecule has 1 aromatic heterocycles. The monoisotopic (exact) mass is 417 g/mol. The van der Waals surface area contributed by atoms with E-state index in [4.69, 9.17) is 9.15 Å². The molecule has 6 nitrogen and oxygen atoms in total. The first kappa shape index (κ1) is 20.3. The Balaban J connectivity index is 1.66. The Kier molecular flexibility index (Phi) is 6.64. The van der Waals surface area contributed by atoms with E-state index < -0.39 is 17.1 Å². The molecule has 0 aliphatic carbocycles. The van der Waals surface area contributed by atoms with Gasteiger partial charge in [0.05, 0.1) is 11.0 Å². The first-order chi connectivity index (χ1) is 13.5. The van der Waals surface area contributed by atoms with Crippen LogP contribution in [0.25, 0.3) is 6.08 Å². The first-order valence-electron chi connectivity index (χ1n) is 8.74. The number of ether oxygens (including phenoxy) is 1. The largest absolute Gasteiger partial charge is 0.461 e. The number of rotatable bonds is 7. The van der Waals surface area contributed by atoms with Gasteiger partial charge in [0.1, 0.15) is 12.3 Å². The van der Waals surface area contributed by atoms with E-state index in [1.54, 1.807) is 19.1 Å². The van der Waals surface area contributed by atoms with Gasteiger partial charge in [0.2, 0.25) is 0 Å². The first-order valence-corrected chi connectivity index (χ1v) is 10.4. The van der Waals surface area contributed by atoms with Crippen LogP contribution in [0.4, 0.5) is 4.79 Å². The molecule has 1 atom stereocenters. The average molecular weight is 418 g/mol. The molecule has 0 bridgehead atoms. The van der Waals surface area contributed by atoms with Crippen LogP contribution >= 0.6 is 23.5 Å². The van der Waals surface area contributed by atoms with Crippen LogP contribution in [-0.4, -0.2) is 34.7 Å². The fourth-order valence-corrected chi connectivity index (χ4v) is 3.93. The van der Waals surface area contributed by atoms with Gasteiger partial charge in [-0.2, -0.15) is 0 Å². The molecule has 1 fully saturated rings. The minimum atomic E-state index is -0.600. The number of imide groups is 1. The Hall–Kier alpha value is -2.45. The van der Waals surface area contributed by atoms with Crippen molar-refractivity contribution in [3.63, 3.8) is 0 Å². The van der Waals surface area contributed by atoms with Crippen LogP contribution in [0.5, 0.6) is 0 Å². The molecule has 3 rings (SSSR count). The topological polar surface area (TPSA) is 76.8 Å². The van der Waals surface area contributed by atoms with Gasteiger partial charge in [-0.15, -0.1) is 0 Å². The lowest BCUT2D eigenvalue weighted by Crippen LogP contribution is -2.35. The number of carbonyl (C=O) groups excluding carboxylic acids is 3. The van der Waals surface area contributed by atoms with Crippen molar-refractivity contribution in [2.24, 2.45) is 0 Å². The van der Waals surface area contributed by atoms with Crippen LogP contribution in [0.2, 0.25) is 0 Å². The molecule has 2 heterocycles. The fraction of sp³-hybridized carbons (Fsp3) is 0.250. The lowest BCUT2D eigenvalue weighted by Gasteiger charge is -2.14. The van der Waals surface area contributed by atoms with E-state index in [0.29, 0.717) is 17.3 Å². The minimum Gasteiger partial charge on any atom is -0.461 e. The molecule has 1 saturated heterocycles. The molecule has 0 N–H and O–H groups in total. The number of amides is 2. The zero-order chi connectivity index (χ0) is 20.1. The normalized spacial score (nSPS) is 16.6. The molecule has 28 heavy (non-hydrogen) atoms. The third kappa shape index (κ3) is 5.08. The molecule has 1 aliphatic rings. The lowest BCUT2D eigenvalue weighted by molar-refractivity contribution is -0.150. The Labute approximate surface area is 171 Å². The average Bonchev–Trinajstić information content (AvgIpc) is 3.22. The third-order valence-corrected chi connectivity index (χ3v) is 5.74. The highest BCUT2D eigenvalue weighted by Gasteiger charge is 2.37. The zero-order valence-electron chi connectivity index (χ0n) is 15.4. The van der Waals surface area contributed by atoms with Crippen molar-refractivity contribution >= 4 is 46.7 Å². The SMILES string of the molecule is CC[C@H](C)OC(=O)CN1C(=O)S/C(=C\c2ccc(Sc3ccccc3)o2)C1=O. The standard InChI is InChI=1S/C20H19NO5S2/c1-3-13(2)25-17(22)12-21-19(23)16(28-20(21)24)11-14-9-10-18(26-14)27-15-7-5-4-6-8-15/h4-11,13H,3,12H2,1-2H3/b16-11-/t13-/m0/s1. The van der Waals surface area contributed by atoms with Crippen LogP contribution in [0, 0.1) is 0 Å². The maximum Gasteiger partial charge on any atom is 0.326 e. The van der Waals surface area contributed by atoms with E-state index >= 15 is 0 Å². The van der Waals surface area contributed by atoms with Crippen molar-refractivity contribution in [2.75, 3.05) is 6.54 Å². The lowest BCUT2D eigenvalue weighted by atomic mass is 10.3. The molecule has 0 spiro atoms. The Bertz CT molecular complexity index is 906. The zero-order valence-corrected chi connectivity index (χ0v) is 17.0. The molecule has 0 saturated carbocycles. The van der Waals surface area contributed by atoms with E-state index in [1.807, 2.05) is 37.3 Å². The van der Waals surface area contributed by atoms with E-state index in [1.165, 1.54) is 17.8 Å². The molecule has 0 radical (unpaired) electrons. The van der Waals surface area contributed by atoms with Crippen molar-refractivity contribution in [3.05, 3.63) is 53.1 Å². The maximum atomic E-state index is 12.5. The summed E-state index contributed by atoms with van der Waals surface area (Å²) in [6.45, 7) is 3.25. The molecule has 2 amide bonds. The summed E-state index contributed by atoms with van der Waals surface area (Å²) in [6.07, 6.45) is 1.92. The van der Waals surface area contributed by atoms with Gasteiger partial charge in [-0.25, -0.2) is 0 Å². The van der Waals surface area contributed by atoms with Gasteiger partial charge in [-0.1, -0.05) is 36.9 Å². The molecule has 0 unspecified atom stereocenters. The van der Waals surface area contributed by atoms with E-state index in [-0.39, 0.29) is 17.6 Å². The van der Waals surface area contributed by atoms with E-state index in [0.717, 1.165) is 21.6 Å². The number of thioether (sulfide) groups is 1. The van der Waals surface area contributed by atoms with Crippen molar-refractivity contribution in [1.29, 1.82) is 0 Å². The van der Waals surface area contributed by atoms with E-state index in [2.05, 4.69) is 0 Å². The molecule has 1 aromatic carbocycles. The third-order valence-electron chi connectivity index (χ3n) is 3.91. The number of benzene rings is 1. The van der Waals surface area contributed by atoms with Gasteiger partial charge >= 0.3 is 5.97 Å². The van der Waals surface area contributed by atoms with Crippen LogP contribution in [0.1, 0.15) is 26.0 Å². The molecule has 2 aromatic rings. The van der Waals surface area contributed by atoms with Gasteiger partial charge in [-0.05, 0) is 49.4 Å². The summed E-state index contributed by atoms with van der Waals surface area (Å²) in [4.78, 5) is 38.6. The van der Waals surface area contributed by atoms with Crippen LogP contribution < -0.4 is 0 Å². The highest BCUT2D eigenvalue weighted by Crippen LogP contribution is 2.34. The van der Waals surface area contributed by atoms with Crippen molar-refractivity contribution in [1.82, 2.24) is 4.90 Å². The number of hydrogen-bond donors (Lipinski definition) is 0. The Morgan fingerprint density at radius 3 is 2.71 bits per heavy atom. The number of nitrogens with zero attached hydrogens (tertiary/aromatic N) is 1. The fourth-order valence-electron chi connectivity index (χ4n) is 2.31. The molecular weight excluding hydrogens is 398 g/mol. The summed E-state index contributed by atoms with van der Waals surface area (Å²) in [7, 11) is 0. The summed E-state index contributed by atoms with van der Waals surface area (Å²) in [5.74, 6) is -0.659. The van der Waals surface area contributed by atoms with Crippen LogP contribution in [0.3, 0.4) is 0 Å². The summed E-state index contributed by atoms with van der Waals surface area (Å²) in [5, 5.41) is 0.177. The van der Waals surface area contributed by atoms with Crippen molar-refractivity contribution in [3.8, 4) is 0 Å². The summed E-state index contributed by atoms with van der Waals surface area (Å²) in [5.41, 5.74) is 0. The Morgan fingerprint density at radius 1 is 1.25 bits per heavy atom. The number of carbonyl (C=O) groups is 3. The second kappa shape index (κ2) is 9.16. The highest BCUT2D eigenvalue weighted by atomic mass is 32.2. The summed E-state index contributed by atoms with van der Waals surface area (Å²) < 4.78 is 10.9. The highest BCUT2D eigenvalue weighted by molar-refractivity contribution is 8.18. The molecule has 146 valence electrons.